The van der Waals surface area contributed by atoms with Gasteiger partial charge in [0.2, 0.25) is 0 Å². The van der Waals surface area contributed by atoms with Crippen LogP contribution in [0, 0.1) is 5.82 Å². The zero-order chi connectivity index (χ0) is 35.6. The lowest BCUT2D eigenvalue weighted by atomic mass is 9.88. The maximum absolute atomic E-state index is 14.2. The summed E-state index contributed by atoms with van der Waals surface area (Å²) in [7, 11) is 0. The lowest BCUT2D eigenvalue weighted by Crippen LogP contribution is -2.46. The summed E-state index contributed by atoms with van der Waals surface area (Å²) in [4.78, 5) is 46.7. The van der Waals surface area contributed by atoms with Gasteiger partial charge in [-0.15, -0.1) is 0 Å². The third-order valence-corrected chi connectivity index (χ3v) is 9.31. The molecule has 2 amide bonds. The van der Waals surface area contributed by atoms with Gasteiger partial charge in [-0.3, -0.25) is 24.0 Å². The molecule has 3 N–H and O–H groups in total. The van der Waals surface area contributed by atoms with Gasteiger partial charge in [-0.05, 0) is 61.7 Å². The van der Waals surface area contributed by atoms with Crippen LogP contribution in [-0.4, -0.2) is 80.0 Å². The third-order valence-electron chi connectivity index (χ3n) is 9.01. The third kappa shape index (κ3) is 7.19. The second-order valence-electron chi connectivity index (χ2n) is 12.4. The Morgan fingerprint density at radius 1 is 1.04 bits per heavy atom. The predicted octanol–water partition coefficient (Wildman–Crippen LogP) is 4.26. The molecule has 1 saturated heterocycles. The molecule has 0 atom stereocenters. The van der Waals surface area contributed by atoms with Gasteiger partial charge in [0.25, 0.3) is 11.8 Å². The number of pyridine rings is 1. The number of rotatable bonds is 10. The summed E-state index contributed by atoms with van der Waals surface area (Å²) in [6.07, 6.45) is 6.27. The molecule has 0 unspecified atom stereocenters. The Balaban J connectivity index is 1.05. The van der Waals surface area contributed by atoms with Gasteiger partial charge in [0.15, 0.2) is 5.69 Å². The Morgan fingerprint density at radius 3 is 2.63 bits per heavy atom. The van der Waals surface area contributed by atoms with E-state index in [2.05, 4.69) is 30.3 Å². The van der Waals surface area contributed by atoms with E-state index in [-0.39, 0.29) is 28.8 Å². The number of aryl methyl sites for hydroxylation is 1. The number of piperazine rings is 1. The summed E-state index contributed by atoms with van der Waals surface area (Å²) in [5.41, 5.74) is 11.1. The molecule has 15 heteroatoms. The normalized spacial score (nSPS) is 14.1. The highest BCUT2D eigenvalue weighted by molar-refractivity contribution is 6.34. The number of carbonyl (C=O) groups excluding carboxylic acids is 3. The lowest BCUT2D eigenvalue weighted by molar-refractivity contribution is -0.144. The number of hydrogen-bond donors (Lipinski definition) is 2. The SMILES string of the molecule is CCOC(=O)Cn1cc(CN2CCN(c3cc(C(=O)Nc4ccc5c(c4)-c4c(c(C(N)=O)nn4-c4cccc(F)c4)CC5)c(Cl)cn3)CC2)cn1. The van der Waals surface area contributed by atoms with Crippen LogP contribution < -0.4 is 16.0 Å². The monoisotopic (exact) mass is 711 g/mol. The van der Waals surface area contributed by atoms with Gasteiger partial charge in [-0.1, -0.05) is 23.7 Å². The van der Waals surface area contributed by atoms with Gasteiger partial charge in [0, 0.05) is 67.5 Å². The fourth-order valence-corrected chi connectivity index (χ4v) is 6.78. The van der Waals surface area contributed by atoms with E-state index in [0.717, 1.165) is 29.8 Å². The van der Waals surface area contributed by atoms with Crippen molar-refractivity contribution in [2.75, 3.05) is 43.0 Å². The summed E-state index contributed by atoms with van der Waals surface area (Å²) in [5, 5.41) is 11.9. The van der Waals surface area contributed by atoms with Crippen LogP contribution in [0.2, 0.25) is 5.02 Å². The van der Waals surface area contributed by atoms with Crippen LogP contribution in [0.25, 0.3) is 16.9 Å². The lowest BCUT2D eigenvalue weighted by Gasteiger charge is -2.35. The van der Waals surface area contributed by atoms with Crippen molar-refractivity contribution in [2.24, 2.45) is 5.73 Å². The highest BCUT2D eigenvalue weighted by Crippen LogP contribution is 2.38. The van der Waals surface area contributed by atoms with Crippen LogP contribution in [0.15, 0.2) is 67.1 Å². The first-order valence-electron chi connectivity index (χ1n) is 16.6. The molecule has 0 radical (unpaired) electrons. The molecular weight excluding hydrogens is 677 g/mol. The van der Waals surface area contributed by atoms with Gasteiger partial charge in [0.1, 0.15) is 18.2 Å². The topological polar surface area (TPSA) is 154 Å². The smallest absolute Gasteiger partial charge is 0.327 e. The second kappa shape index (κ2) is 14.3. The Bertz CT molecular complexity index is 2140. The highest BCUT2D eigenvalue weighted by atomic mass is 35.5. The maximum atomic E-state index is 14.2. The van der Waals surface area contributed by atoms with E-state index in [4.69, 9.17) is 22.1 Å². The first-order valence-corrected chi connectivity index (χ1v) is 17.0. The summed E-state index contributed by atoms with van der Waals surface area (Å²) in [6.45, 7) is 5.76. The van der Waals surface area contributed by atoms with Gasteiger partial charge in [0.05, 0.1) is 34.8 Å². The van der Waals surface area contributed by atoms with Crippen LogP contribution in [-0.2, 0) is 35.5 Å². The van der Waals surface area contributed by atoms with Gasteiger partial charge in [-0.2, -0.15) is 10.2 Å². The summed E-state index contributed by atoms with van der Waals surface area (Å²) in [6, 6.07) is 13.2. The van der Waals surface area contributed by atoms with E-state index < -0.39 is 17.6 Å². The first-order chi connectivity index (χ1) is 24.7. The minimum absolute atomic E-state index is 0.0766. The number of amides is 2. The van der Waals surface area contributed by atoms with Crippen molar-refractivity contribution < 1.29 is 23.5 Å². The average Bonchev–Trinajstić information content (AvgIpc) is 3.73. The number of aromatic nitrogens is 5. The molecule has 262 valence electrons. The number of fused-ring (bicyclic) bond motifs is 3. The van der Waals surface area contributed by atoms with Crippen molar-refractivity contribution in [1.82, 2.24) is 29.4 Å². The Kier molecular flexibility index (Phi) is 9.52. The molecule has 7 rings (SSSR count). The standard InChI is InChI=1S/C36H35ClFN9O4/c1-2-51-32(48)21-46-20-22(17-41-46)19-44-10-12-45(13-11-44)31-16-29(30(37)18-40-31)36(50)42-25-8-6-23-7-9-27-33(35(39)49)43-47(34(27)28(23)15-25)26-5-3-4-24(38)14-26/h3-6,8,14-18,20H,2,7,9-13,19,21H2,1H3,(H2,39,49)(H,42,50). The minimum atomic E-state index is -0.668. The van der Waals surface area contributed by atoms with Gasteiger partial charge in [-0.25, -0.2) is 14.1 Å². The quantitative estimate of drug-likeness (QED) is 0.202. The van der Waals surface area contributed by atoms with Crippen LogP contribution >= 0.6 is 11.6 Å². The number of benzene rings is 2. The zero-order valence-corrected chi connectivity index (χ0v) is 28.6. The van der Waals surface area contributed by atoms with Crippen molar-refractivity contribution in [3.63, 3.8) is 0 Å². The molecule has 4 heterocycles. The number of ether oxygens (including phenoxy) is 1. The summed E-state index contributed by atoms with van der Waals surface area (Å²) in [5.74, 6) is -1.20. The fraction of sp³-hybridized carbons (Fsp3) is 0.278. The largest absolute Gasteiger partial charge is 0.465 e. The fourth-order valence-electron chi connectivity index (χ4n) is 6.59. The van der Waals surface area contributed by atoms with Crippen molar-refractivity contribution in [3.8, 4) is 16.9 Å². The van der Waals surface area contributed by atoms with Crippen molar-refractivity contribution in [3.05, 3.63) is 106 Å². The van der Waals surface area contributed by atoms with E-state index in [1.54, 1.807) is 36.0 Å². The van der Waals surface area contributed by atoms with E-state index in [9.17, 15) is 18.8 Å². The molecule has 51 heavy (non-hydrogen) atoms. The number of nitrogens with one attached hydrogen (secondary N) is 1. The van der Waals surface area contributed by atoms with Crippen LogP contribution in [0.4, 0.5) is 15.9 Å². The van der Waals surface area contributed by atoms with Crippen LogP contribution in [0.1, 0.15) is 44.5 Å². The number of nitrogens with zero attached hydrogens (tertiary/aromatic N) is 7. The van der Waals surface area contributed by atoms with E-state index >= 15 is 0 Å². The predicted molar refractivity (Wildman–Crippen MR) is 188 cm³/mol. The molecule has 0 spiro atoms. The van der Waals surface area contributed by atoms with Crippen LogP contribution in [0.5, 0.6) is 0 Å². The summed E-state index contributed by atoms with van der Waals surface area (Å²) >= 11 is 6.50. The Morgan fingerprint density at radius 2 is 1.86 bits per heavy atom. The Labute approximate surface area is 297 Å². The van der Waals surface area contributed by atoms with Crippen molar-refractivity contribution in [1.29, 1.82) is 0 Å². The number of nitrogens with two attached hydrogens (primary N) is 1. The van der Waals surface area contributed by atoms with Gasteiger partial charge >= 0.3 is 5.97 Å². The van der Waals surface area contributed by atoms with Gasteiger partial charge < -0.3 is 20.7 Å². The molecule has 1 aliphatic carbocycles. The number of hydrogen-bond acceptors (Lipinski definition) is 9. The summed E-state index contributed by atoms with van der Waals surface area (Å²) < 4.78 is 22.3. The molecular formula is C36H35ClFN9O4. The first kappa shape index (κ1) is 33.9. The molecule has 1 fully saturated rings. The zero-order valence-electron chi connectivity index (χ0n) is 27.8. The second-order valence-corrected chi connectivity index (χ2v) is 12.8. The van der Waals surface area contributed by atoms with E-state index in [0.29, 0.717) is 67.5 Å². The van der Waals surface area contributed by atoms with Crippen LogP contribution in [0.3, 0.4) is 0 Å². The highest BCUT2D eigenvalue weighted by Gasteiger charge is 2.29. The maximum Gasteiger partial charge on any atom is 0.327 e. The minimum Gasteiger partial charge on any atom is -0.465 e. The molecule has 2 aromatic carbocycles. The molecule has 0 saturated carbocycles. The Hall–Kier alpha value is -5.60. The van der Waals surface area contributed by atoms with Crippen molar-refractivity contribution >= 4 is 40.9 Å². The molecule has 5 aromatic rings. The molecule has 13 nitrogen and oxygen atoms in total. The molecule has 0 bridgehead atoms. The molecule has 2 aliphatic rings. The van der Waals surface area contributed by atoms with Crippen molar-refractivity contribution in [2.45, 2.75) is 32.9 Å². The number of primary amides is 1. The number of esters is 1. The number of anilines is 2. The number of halogens is 2. The van der Waals surface area contributed by atoms with E-state index in [1.807, 2.05) is 24.4 Å². The molecule has 1 aliphatic heterocycles. The number of carbonyl (C=O) groups is 3. The molecule has 3 aromatic heterocycles. The average molecular weight is 712 g/mol. The van der Waals surface area contributed by atoms with E-state index in [1.165, 1.54) is 23.0 Å².